The van der Waals surface area contributed by atoms with E-state index in [0.717, 1.165) is 61.3 Å². The predicted octanol–water partition coefficient (Wildman–Crippen LogP) is 13.6. The lowest BCUT2D eigenvalue weighted by Gasteiger charge is -2.14. The number of pyridine rings is 1. The van der Waals surface area contributed by atoms with E-state index in [-0.39, 0.29) is 0 Å². The third kappa shape index (κ3) is 5.74. The van der Waals surface area contributed by atoms with E-state index in [9.17, 15) is 0 Å². The van der Waals surface area contributed by atoms with E-state index in [1.807, 2.05) is 24.3 Å². The summed E-state index contributed by atoms with van der Waals surface area (Å²) in [7, 11) is 0. The largest absolute Gasteiger partial charge is 0.309 e. The molecule has 3 aromatic heterocycles. The molecule has 0 aliphatic heterocycles. The van der Waals surface area contributed by atoms with Crippen molar-refractivity contribution in [3.8, 4) is 62.0 Å². The van der Waals surface area contributed by atoms with Gasteiger partial charge in [-0.25, -0.2) is 15.0 Å². The van der Waals surface area contributed by atoms with Crippen molar-refractivity contribution in [3.63, 3.8) is 0 Å². The van der Waals surface area contributed by atoms with Gasteiger partial charge >= 0.3 is 0 Å². The Kier molecular flexibility index (Phi) is 7.78. The summed E-state index contributed by atoms with van der Waals surface area (Å²) in [6, 6.07) is 72.6. The summed E-state index contributed by atoms with van der Waals surface area (Å²) in [6.45, 7) is 0. The fourth-order valence-corrected chi connectivity index (χ4v) is 8.24. The van der Waals surface area contributed by atoms with Gasteiger partial charge in [0, 0.05) is 49.5 Å². The van der Waals surface area contributed by atoms with Gasteiger partial charge in [0.1, 0.15) is 0 Å². The lowest BCUT2D eigenvalue weighted by molar-refractivity contribution is 1.18. The highest BCUT2D eigenvalue weighted by molar-refractivity contribution is 6.20. The van der Waals surface area contributed by atoms with E-state index >= 15 is 0 Å². The molecule has 0 amide bonds. The molecule has 11 aromatic rings. The van der Waals surface area contributed by atoms with Crippen LogP contribution in [-0.2, 0) is 0 Å². The van der Waals surface area contributed by atoms with Crippen LogP contribution in [0.2, 0.25) is 0 Å². The van der Waals surface area contributed by atoms with Crippen molar-refractivity contribution in [1.82, 2.24) is 19.5 Å². The Morgan fingerprint density at radius 3 is 1.65 bits per heavy atom. The Bertz CT molecular complexity index is 3260. The van der Waals surface area contributed by atoms with E-state index in [1.165, 1.54) is 38.3 Å². The summed E-state index contributed by atoms with van der Waals surface area (Å²) in [4.78, 5) is 15.7. The normalized spacial score (nSPS) is 11.5. The van der Waals surface area contributed by atoms with E-state index in [1.54, 1.807) is 0 Å². The van der Waals surface area contributed by atoms with Crippen LogP contribution in [0.4, 0.5) is 0 Å². The van der Waals surface area contributed by atoms with Crippen molar-refractivity contribution in [2.75, 3.05) is 0 Å². The van der Waals surface area contributed by atoms with Gasteiger partial charge in [0.2, 0.25) is 0 Å². The quantitative estimate of drug-likeness (QED) is 0.160. The molecule has 0 spiro atoms. The Hall–Kier alpha value is -7.69. The summed E-state index contributed by atoms with van der Waals surface area (Å²) in [5.74, 6) is 0.687. The second-order valence-electron chi connectivity index (χ2n) is 14.4. The maximum absolute atomic E-state index is 5.38. The molecule has 0 saturated carbocycles. The molecular weight excluding hydrogens is 693 g/mol. The minimum absolute atomic E-state index is 0.687. The van der Waals surface area contributed by atoms with Crippen molar-refractivity contribution >= 4 is 43.5 Å². The number of fused-ring (bicyclic) bond motifs is 6. The third-order valence-electron chi connectivity index (χ3n) is 11.0. The molecule has 8 aromatic carbocycles. The fourth-order valence-electron chi connectivity index (χ4n) is 8.24. The molecule has 0 radical (unpaired) electrons. The average molecular weight is 727 g/mol. The number of hydrogen-bond acceptors (Lipinski definition) is 3. The number of hydrogen-bond donors (Lipinski definition) is 0. The lowest BCUT2D eigenvalue weighted by atomic mass is 9.96. The molecule has 0 atom stereocenters. The van der Waals surface area contributed by atoms with Gasteiger partial charge in [-0.1, -0.05) is 158 Å². The van der Waals surface area contributed by atoms with E-state index in [2.05, 4.69) is 187 Å². The van der Waals surface area contributed by atoms with Crippen LogP contribution in [0.25, 0.3) is 105 Å². The van der Waals surface area contributed by atoms with Gasteiger partial charge in [0.25, 0.3) is 0 Å². The van der Waals surface area contributed by atoms with Gasteiger partial charge in [-0.05, 0) is 65.0 Å². The number of aromatic nitrogens is 4. The molecule has 266 valence electrons. The van der Waals surface area contributed by atoms with Crippen LogP contribution < -0.4 is 0 Å². The average Bonchev–Trinajstić information content (AvgIpc) is 3.62. The molecule has 57 heavy (non-hydrogen) atoms. The first-order chi connectivity index (χ1) is 28.2. The Morgan fingerprint density at radius 1 is 0.298 bits per heavy atom. The summed E-state index contributed by atoms with van der Waals surface area (Å²) in [5, 5.41) is 5.82. The lowest BCUT2D eigenvalue weighted by Crippen LogP contribution is -1.96. The van der Waals surface area contributed by atoms with Crippen molar-refractivity contribution in [1.29, 1.82) is 0 Å². The Balaban J connectivity index is 1.10. The van der Waals surface area contributed by atoms with Crippen molar-refractivity contribution in [3.05, 3.63) is 206 Å². The van der Waals surface area contributed by atoms with E-state index in [4.69, 9.17) is 15.0 Å². The molecule has 0 fully saturated rings. The molecular formula is C53H34N4. The van der Waals surface area contributed by atoms with Crippen LogP contribution in [0.15, 0.2) is 206 Å². The third-order valence-corrected chi connectivity index (χ3v) is 11.0. The number of para-hydroxylation sites is 3. The Labute approximate surface area is 330 Å². The molecule has 0 bridgehead atoms. The van der Waals surface area contributed by atoms with Crippen LogP contribution >= 0.6 is 0 Å². The SMILES string of the molecule is c1ccc(-c2ccc(-c3cc(-c4cccc(-c5nc6ccccc6c6cc7c(cc56)c5ccccc5n7-c5ccccc5)c4)nc(-c4ccccc4)n3)cc2)cc1. The zero-order chi connectivity index (χ0) is 37.7. The number of nitrogens with zero attached hydrogens (tertiary/aromatic N) is 4. The summed E-state index contributed by atoms with van der Waals surface area (Å²) >= 11 is 0. The fraction of sp³-hybridized carbons (Fsp3) is 0. The van der Waals surface area contributed by atoms with Gasteiger partial charge < -0.3 is 4.57 Å². The monoisotopic (exact) mass is 726 g/mol. The summed E-state index contributed by atoms with van der Waals surface area (Å²) in [6.07, 6.45) is 0. The highest BCUT2D eigenvalue weighted by Gasteiger charge is 2.18. The summed E-state index contributed by atoms with van der Waals surface area (Å²) in [5.41, 5.74) is 13.5. The number of benzene rings is 8. The highest BCUT2D eigenvalue weighted by atomic mass is 15.0. The molecule has 3 heterocycles. The van der Waals surface area contributed by atoms with E-state index < -0.39 is 0 Å². The molecule has 0 saturated heterocycles. The van der Waals surface area contributed by atoms with Crippen LogP contribution in [-0.4, -0.2) is 19.5 Å². The van der Waals surface area contributed by atoms with Gasteiger partial charge in [0.15, 0.2) is 5.82 Å². The second-order valence-corrected chi connectivity index (χ2v) is 14.4. The van der Waals surface area contributed by atoms with Gasteiger partial charge in [0.05, 0.1) is 33.6 Å². The van der Waals surface area contributed by atoms with Crippen LogP contribution in [0.3, 0.4) is 0 Å². The van der Waals surface area contributed by atoms with Crippen LogP contribution in [0.1, 0.15) is 0 Å². The number of rotatable bonds is 6. The van der Waals surface area contributed by atoms with Gasteiger partial charge in [-0.2, -0.15) is 0 Å². The first-order valence-corrected chi connectivity index (χ1v) is 19.3. The molecule has 11 rings (SSSR count). The van der Waals surface area contributed by atoms with Crippen molar-refractivity contribution in [2.24, 2.45) is 0 Å². The molecule has 0 N–H and O–H groups in total. The predicted molar refractivity (Wildman–Crippen MR) is 236 cm³/mol. The molecule has 0 aliphatic rings. The highest BCUT2D eigenvalue weighted by Crippen LogP contribution is 2.40. The molecule has 0 unspecified atom stereocenters. The topological polar surface area (TPSA) is 43.6 Å². The molecule has 4 heteroatoms. The van der Waals surface area contributed by atoms with E-state index in [0.29, 0.717) is 5.82 Å². The zero-order valence-electron chi connectivity index (χ0n) is 30.9. The van der Waals surface area contributed by atoms with Gasteiger partial charge in [-0.15, -0.1) is 0 Å². The molecule has 4 nitrogen and oxygen atoms in total. The van der Waals surface area contributed by atoms with Crippen LogP contribution in [0, 0.1) is 0 Å². The minimum atomic E-state index is 0.687. The zero-order valence-corrected chi connectivity index (χ0v) is 30.9. The maximum atomic E-state index is 5.38. The first kappa shape index (κ1) is 32.7. The smallest absolute Gasteiger partial charge is 0.160 e. The van der Waals surface area contributed by atoms with Gasteiger partial charge in [-0.3, -0.25) is 0 Å². The second kappa shape index (κ2) is 13.6. The molecule has 0 aliphatic carbocycles. The minimum Gasteiger partial charge on any atom is -0.309 e. The summed E-state index contributed by atoms with van der Waals surface area (Å²) < 4.78 is 2.38. The van der Waals surface area contributed by atoms with Crippen LogP contribution in [0.5, 0.6) is 0 Å². The van der Waals surface area contributed by atoms with Crippen molar-refractivity contribution < 1.29 is 0 Å². The standard InChI is InChI=1S/C53H34N4/c1-4-15-35(16-5-1)36-27-29-37(30-28-36)48-34-49(56-53(55-48)38-17-6-2-7-18-38)39-19-14-20-40(31-39)52-46-32-45-43-24-11-13-26-50(43)57(41-21-8-3-9-22-41)51(45)33-44(46)42-23-10-12-25-47(42)54-52/h1-34H. The Morgan fingerprint density at radius 2 is 0.877 bits per heavy atom. The maximum Gasteiger partial charge on any atom is 0.160 e. The van der Waals surface area contributed by atoms with Crippen molar-refractivity contribution in [2.45, 2.75) is 0 Å². The first-order valence-electron chi connectivity index (χ1n) is 19.3.